The van der Waals surface area contributed by atoms with E-state index in [1.54, 1.807) is 6.92 Å². The molecule has 1 amide bonds. The lowest BCUT2D eigenvalue weighted by Crippen LogP contribution is -2.32. The summed E-state index contributed by atoms with van der Waals surface area (Å²) in [5, 5.41) is 3.96. The number of rotatable bonds is 3. The molecule has 1 aliphatic heterocycles. The van der Waals surface area contributed by atoms with Gasteiger partial charge in [-0.05, 0) is 18.4 Å². The van der Waals surface area contributed by atoms with Crippen LogP contribution in [0.3, 0.4) is 0 Å². The van der Waals surface area contributed by atoms with Crippen molar-refractivity contribution in [2.45, 2.75) is 32.2 Å². The average molecular weight is 271 g/mol. The number of benzene rings is 1. The Morgan fingerprint density at radius 3 is 2.90 bits per heavy atom. The second kappa shape index (κ2) is 5.45. The van der Waals surface area contributed by atoms with Crippen LogP contribution in [0, 0.1) is 6.92 Å². The highest BCUT2D eigenvalue weighted by molar-refractivity contribution is 5.79. The number of likely N-dealkylation sites (tertiary alicyclic amines) is 1. The first-order chi connectivity index (χ1) is 9.74. The van der Waals surface area contributed by atoms with Crippen molar-refractivity contribution in [3.63, 3.8) is 0 Å². The van der Waals surface area contributed by atoms with Crippen molar-refractivity contribution in [1.82, 2.24) is 15.0 Å². The van der Waals surface area contributed by atoms with Gasteiger partial charge in [0.15, 0.2) is 5.82 Å². The number of hydrogen-bond acceptors (Lipinski definition) is 4. The normalized spacial score (nSPS) is 18.4. The van der Waals surface area contributed by atoms with Gasteiger partial charge in [-0.25, -0.2) is 0 Å². The fourth-order valence-corrected chi connectivity index (χ4v) is 2.66. The second-order valence-corrected chi connectivity index (χ2v) is 5.08. The molecule has 0 radical (unpaired) electrons. The average Bonchev–Trinajstić information content (AvgIpc) is 3.08. The molecule has 1 atom stereocenters. The van der Waals surface area contributed by atoms with Crippen molar-refractivity contribution < 1.29 is 9.32 Å². The molecule has 0 spiro atoms. The zero-order valence-electron chi connectivity index (χ0n) is 11.5. The highest BCUT2D eigenvalue weighted by Gasteiger charge is 2.32. The van der Waals surface area contributed by atoms with Gasteiger partial charge >= 0.3 is 0 Å². The quantitative estimate of drug-likeness (QED) is 0.859. The summed E-state index contributed by atoms with van der Waals surface area (Å²) in [6.07, 6.45) is 2.31. The van der Waals surface area contributed by atoms with Gasteiger partial charge in [-0.3, -0.25) is 4.79 Å². The van der Waals surface area contributed by atoms with Crippen LogP contribution < -0.4 is 0 Å². The minimum atomic E-state index is -0.0383. The zero-order chi connectivity index (χ0) is 13.9. The molecule has 1 unspecified atom stereocenters. The van der Waals surface area contributed by atoms with E-state index >= 15 is 0 Å². The summed E-state index contributed by atoms with van der Waals surface area (Å²) < 4.78 is 5.02. The lowest BCUT2D eigenvalue weighted by Gasteiger charge is -2.22. The van der Waals surface area contributed by atoms with E-state index < -0.39 is 0 Å². The monoisotopic (exact) mass is 271 g/mol. The first-order valence-corrected chi connectivity index (χ1v) is 6.87. The highest BCUT2D eigenvalue weighted by atomic mass is 16.5. The van der Waals surface area contributed by atoms with E-state index in [1.165, 1.54) is 0 Å². The van der Waals surface area contributed by atoms with E-state index in [-0.39, 0.29) is 11.9 Å². The van der Waals surface area contributed by atoms with Gasteiger partial charge in [0.2, 0.25) is 11.8 Å². The van der Waals surface area contributed by atoms with Crippen LogP contribution in [0.1, 0.15) is 36.2 Å². The third-order valence-electron chi connectivity index (χ3n) is 3.61. The van der Waals surface area contributed by atoms with Crippen LogP contribution in [0.5, 0.6) is 0 Å². The SMILES string of the molecule is Cc1nc(C2CCCN2C(=O)Cc2ccccc2)no1. The zero-order valence-corrected chi connectivity index (χ0v) is 11.5. The summed E-state index contributed by atoms with van der Waals surface area (Å²) >= 11 is 0. The molecule has 2 heterocycles. The largest absolute Gasteiger partial charge is 0.340 e. The molecule has 104 valence electrons. The minimum Gasteiger partial charge on any atom is -0.340 e. The summed E-state index contributed by atoms with van der Waals surface area (Å²) in [4.78, 5) is 18.6. The van der Waals surface area contributed by atoms with Gasteiger partial charge in [-0.15, -0.1) is 0 Å². The Balaban J connectivity index is 1.73. The summed E-state index contributed by atoms with van der Waals surface area (Å²) in [6.45, 7) is 2.53. The van der Waals surface area contributed by atoms with Gasteiger partial charge in [0.05, 0.1) is 12.5 Å². The molecule has 0 bridgehead atoms. The topological polar surface area (TPSA) is 59.2 Å². The third-order valence-corrected chi connectivity index (χ3v) is 3.61. The molecule has 1 aromatic carbocycles. The van der Waals surface area contributed by atoms with E-state index in [4.69, 9.17) is 4.52 Å². The Bertz CT molecular complexity index is 594. The number of hydrogen-bond donors (Lipinski definition) is 0. The van der Waals surface area contributed by atoms with E-state index in [9.17, 15) is 4.79 Å². The van der Waals surface area contributed by atoms with Crippen LogP contribution in [-0.4, -0.2) is 27.5 Å². The maximum Gasteiger partial charge on any atom is 0.227 e. The van der Waals surface area contributed by atoms with Gasteiger partial charge in [0.1, 0.15) is 0 Å². The van der Waals surface area contributed by atoms with Crippen molar-refractivity contribution in [1.29, 1.82) is 0 Å². The van der Waals surface area contributed by atoms with Crippen LogP contribution in [0.2, 0.25) is 0 Å². The van der Waals surface area contributed by atoms with Gasteiger partial charge in [0, 0.05) is 13.5 Å². The Labute approximate surface area is 117 Å². The van der Waals surface area contributed by atoms with E-state index in [2.05, 4.69) is 10.1 Å². The maximum atomic E-state index is 12.4. The van der Waals surface area contributed by atoms with Crippen molar-refractivity contribution in [2.75, 3.05) is 6.54 Å². The molecule has 1 fully saturated rings. The first kappa shape index (κ1) is 12.8. The van der Waals surface area contributed by atoms with Crippen molar-refractivity contribution >= 4 is 5.91 Å². The van der Waals surface area contributed by atoms with E-state index in [0.717, 1.165) is 24.9 Å². The predicted molar refractivity (Wildman–Crippen MR) is 72.9 cm³/mol. The molecule has 20 heavy (non-hydrogen) atoms. The molecule has 1 aliphatic rings. The predicted octanol–water partition coefficient (Wildman–Crippen LogP) is 2.28. The number of amides is 1. The van der Waals surface area contributed by atoms with E-state index in [0.29, 0.717) is 18.1 Å². The van der Waals surface area contributed by atoms with Crippen LogP contribution in [0.15, 0.2) is 34.9 Å². The molecule has 0 N–H and O–H groups in total. The summed E-state index contributed by atoms with van der Waals surface area (Å²) in [5.74, 6) is 1.30. The lowest BCUT2D eigenvalue weighted by molar-refractivity contribution is -0.131. The molecule has 1 saturated heterocycles. The van der Waals surface area contributed by atoms with Gasteiger partial charge in [0.25, 0.3) is 0 Å². The van der Waals surface area contributed by atoms with Gasteiger partial charge < -0.3 is 9.42 Å². The third kappa shape index (κ3) is 2.57. The Kier molecular flexibility index (Phi) is 3.50. The number of carbonyl (C=O) groups excluding carboxylic acids is 1. The van der Waals surface area contributed by atoms with Crippen molar-refractivity contribution in [3.05, 3.63) is 47.6 Å². The fourth-order valence-electron chi connectivity index (χ4n) is 2.66. The second-order valence-electron chi connectivity index (χ2n) is 5.08. The van der Waals surface area contributed by atoms with Crippen molar-refractivity contribution in [3.8, 4) is 0 Å². The minimum absolute atomic E-state index is 0.0383. The van der Waals surface area contributed by atoms with Crippen LogP contribution in [-0.2, 0) is 11.2 Å². The lowest BCUT2D eigenvalue weighted by atomic mass is 10.1. The van der Waals surface area contributed by atoms with Gasteiger partial charge in [-0.2, -0.15) is 4.98 Å². The van der Waals surface area contributed by atoms with Gasteiger partial charge in [-0.1, -0.05) is 35.5 Å². The fraction of sp³-hybridized carbons (Fsp3) is 0.400. The van der Waals surface area contributed by atoms with E-state index in [1.807, 2.05) is 35.2 Å². The van der Waals surface area contributed by atoms with Crippen molar-refractivity contribution in [2.24, 2.45) is 0 Å². The number of aromatic nitrogens is 2. The Hall–Kier alpha value is -2.17. The van der Waals surface area contributed by atoms with Crippen LogP contribution in [0.25, 0.3) is 0 Å². The van der Waals surface area contributed by atoms with Crippen LogP contribution in [0.4, 0.5) is 0 Å². The molecular weight excluding hydrogens is 254 g/mol. The molecule has 5 nitrogen and oxygen atoms in total. The summed E-state index contributed by atoms with van der Waals surface area (Å²) in [7, 11) is 0. The molecule has 5 heteroatoms. The molecular formula is C15H17N3O2. The highest BCUT2D eigenvalue weighted by Crippen LogP contribution is 2.30. The smallest absolute Gasteiger partial charge is 0.227 e. The molecule has 2 aromatic rings. The number of nitrogens with zero attached hydrogens (tertiary/aromatic N) is 3. The summed E-state index contributed by atoms with van der Waals surface area (Å²) in [6, 6.07) is 9.76. The van der Waals surface area contributed by atoms with Crippen LogP contribution >= 0.6 is 0 Å². The Morgan fingerprint density at radius 1 is 1.40 bits per heavy atom. The summed E-state index contributed by atoms with van der Waals surface area (Å²) in [5.41, 5.74) is 1.03. The molecule has 0 saturated carbocycles. The Morgan fingerprint density at radius 2 is 2.20 bits per heavy atom. The maximum absolute atomic E-state index is 12.4. The number of carbonyl (C=O) groups is 1. The molecule has 0 aliphatic carbocycles. The first-order valence-electron chi connectivity index (χ1n) is 6.87. The molecule has 3 rings (SSSR count). The standard InChI is InChI=1S/C15H17N3O2/c1-11-16-15(17-20-11)13-8-5-9-18(13)14(19)10-12-6-3-2-4-7-12/h2-4,6-7,13H,5,8-10H2,1H3. The number of aryl methyl sites for hydroxylation is 1. The molecule has 1 aromatic heterocycles.